The molecule has 0 fully saturated rings. The molecule has 8 heteroatoms. The fourth-order valence-corrected chi connectivity index (χ4v) is 4.02. The molecular formula is C27H25FN2O5. The van der Waals surface area contributed by atoms with E-state index in [1.165, 1.54) is 36.4 Å². The fraction of sp³-hybridized carbons (Fsp3) is 0.148. The Balaban J connectivity index is 1.97. The second-order valence-electron chi connectivity index (χ2n) is 8.13. The normalized spacial score (nSPS) is 12.8. The van der Waals surface area contributed by atoms with Crippen LogP contribution in [0.4, 0.5) is 15.8 Å². The van der Waals surface area contributed by atoms with Gasteiger partial charge in [-0.25, -0.2) is 4.39 Å². The number of carboxylic acids is 2. The molecule has 7 nitrogen and oxygen atoms in total. The molecule has 6 N–H and O–H groups in total. The van der Waals surface area contributed by atoms with Crippen LogP contribution in [0.25, 0.3) is 6.08 Å². The van der Waals surface area contributed by atoms with Crippen molar-refractivity contribution in [3.05, 3.63) is 101 Å². The van der Waals surface area contributed by atoms with E-state index in [2.05, 4.69) is 0 Å². The maximum atomic E-state index is 13.1. The molecule has 0 aliphatic carbocycles. The lowest BCUT2D eigenvalue weighted by Crippen LogP contribution is -2.38. The number of aliphatic carboxylic acids is 2. The Hall–Kier alpha value is -4.46. The number of nitrogens with two attached hydrogens (primary N) is 2. The number of carbonyl (C=O) groups excluding carboxylic acids is 1. The first-order chi connectivity index (χ1) is 16.6. The van der Waals surface area contributed by atoms with Gasteiger partial charge >= 0.3 is 11.9 Å². The zero-order chi connectivity index (χ0) is 25.6. The Morgan fingerprint density at radius 3 is 2.14 bits per heavy atom. The Morgan fingerprint density at radius 1 is 0.914 bits per heavy atom. The molecule has 0 saturated heterocycles. The minimum atomic E-state index is -1.60. The number of carbonyl (C=O) groups is 3. The van der Waals surface area contributed by atoms with Gasteiger partial charge in [-0.15, -0.1) is 0 Å². The lowest BCUT2D eigenvalue weighted by Gasteiger charge is -2.32. The van der Waals surface area contributed by atoms with E-state index in [-0.39, 0.29) is 30.7 Å². The average molecular weight is 477 g/mol. The number of benzene rings is 3. The number of ketones is 1. The second kappa shape index (κ2) is 10.6. The van der Waals surface area contributed by atoms with Crippen LogP contribution in [0.3, 0.4) is 0 Å². The van der Waals surface area contributed by atoms with Gasteiger partial charge in [0.25, 0.3) is 0 Å². The Bertz CT molecular complexity index is 1270. The summed E-state index contributed by atoms with van der Waals surface area (Å²) in [5.41, 5.74) is 12.6. The number of nitrogen functional groups attached to an aromatic ring is 2. The van der Waals surface area contributed by atoms with Crippen LogP contribution in [0.1, 0.15) is 46.3 Å². The molecule has 0 heterocycles. The molecule has 180 valence electrons. The number of hydrogen-bond acceptors (Lipinski definition) is 5. The molecule has 0 aliphatic rings. The van der Waals surface area contributed by atoms with Crippen LogP contribution in [0.2, 0.25) is 0 Å². The minimum absolute atomic E-state index is 0.000982. The highest BCUT2D eigenvalue weighted by atomic mass is 19.1. The van der Waals surface area contributed by atoms with Crippen LogP contribution in [-0.2, 0) is 15.0 Å². The molecule has 1 unspecified atom stereocenters. The molecular weight excluding hydrogens is 451 g/mol. The molecule has 3 aromatic carbocycles. The first-order valence-corrected chi connectivity index (χ1v) is 10.8. The van der Waals surface area contributed by atoms with E-state index in [1.807, 2.05) is 0 Å². The lowest BCUT2D eigenvalue weighted by atomic mass is 9.70. The van der Waals surface area contributed by atoms with Gasteiger partial charge in [0.15, 0.2) is 5.78 Å². The zero-order valence-electron chi connectivity index (χ0n) is 18.8. The summed E-state index contributed by atoms with van der Waals surface area (Å²) in [7, 11) is 0. The van der Waals surface area contributed by atoms with Gasteiger partial charge in [0.05, 0.1) is 0 Å². The first-order valence-electron chi connectivity index (χ1n) is 10.8. The molecule has 0 aromatic heterocycles. The average Bonchev–Trinajstić information content (AvgIpc) is 2.81. The smallest absolute Gasteiger partial charge is 0.318 e. The number of rotatable bonds is 10. The SMILES string of the molecule is Nc1ccc(C(CCCC(=O)O)(C(=O)O)c2ccc(C=CC(=O)c3ccc(F)cc3)cc2)c(N)c1. The second-order valence-corrected chi connectivity index (χ2v) is 8.13. The van der Waals surface area contributed by atoms with Gasteiger partial charge in [0.1, 0.15) is 11.2 Å². The quantitative estimate of drug-likeness (QED) is 0.191. The van der Waals surface area contributed by atoms with Crippen molar-refractivity contribution in [1.82, 2.24) is 0 Å². The van der Waals surface area contributed by atoms with Crippen molar-refractivity contribution in [2.24, 2.45) is 0 Å². The fourth-order valence-electron chi connectivity index (χ4n) is 4.02. The summed E-state index contributed by atoms with van der Waals surface area (Å²) in [6, 6.07) is 16.3. The highest BCUT2D eigenvalue weighted by molar-refractivity contribution is 6.06. The lowest BCUT2D eigenvalue weighted by molar-refractivity contribution is -0.143. The van der Waals surface area contributed by atoms with Crippen molar-refractivity contribution in [2.45, 2.75) is 24.7 Å². The van der Waals surface area contributed by atoms with Gasteiger partial charge in [0.2, 0.25) is 0 Å². The van der Waals surface area contributed by atoms with E-state index in [0.717, 1.165) is 0 Å². The highest BCUT2D eigenvalue weighted by Gasteiger charge is 2.43. The largest absolute Gasteiger partial charge is 0.481 e. The van der Waals surface area contributed by atoms with E-state index in [9.17, 15) is 23.9 Å². The summed E-state index contributed by atoms with van der Waals surface area (Å²) >= 11 is 0. The van der Waals surface area contributed by atoms with Crippen molar-refractivity contribution in [1.29, 1.82) is 0 Å². The molecule has 3 aromatic rings. The molecule has 0 bridgehead atoms. The molecule has 1 atom stereocenters. The molecule has 35 heavy (non-hydrogen) atoms. The van der Waals surface area contributed by atoms with Crippen molar-refractivity contribution in [3.63, 3.8) is 0 Å². The molecule has 0 amide bonds. The van der Waals surface area contributed by atoms with E-state index in [0.29, 0.717) is 27.9 Å². The number of halogens is 1. The van der Waals surface area contributed by atoms with Crippen LogP contribution in [0.5, 0.6) is 0 Å². The van der Waals surface area contributed by atoms with E-state index in [1.54, 1.807) is 42.5 Å². The third-order valence-corrected chi connectivity index (χ3v) is 5.80. The van der Waals surface area contributed by atoms with Gasteiger partial charge < -0.3 is 21.7 Å². The van der Waals surface area contributed by atoms with Crippen molar-refractivity contribution < 1.29 is 29.0 Å². The third-order valence-electron chi connectivity index (χ3n) is 5.80. The number of carboxylic acid groups (broad SMARTS) is 2. The Kier molecular flexibility index (Phi) is 7.66. The van der Waals surface area contributed by atoms with E-state index < -0.39 is 23.2 Å². The molecule has 0 radical (unpaired) electrons. The standard InChI is InChI=1S/C27H25FN2O5/c28-20-10-6-18(7-11-20)24(31)14-5-17-3-8-19(9-4-17)27(26(34)35,15-1-2-25(32)33)22-13-12-21(29)16-23(22)30/h3-14,16H,1-2,15,29-30H2,(H,32,33)(H,34,35). The van der Waals surface area contributed by atoms with Crippen LogP contribution in [0.15, 0.2) is 72.8 Å². The summed E-state index contributed by atoms with van der Waals surface area (Å²) in [5.74, 6) is -2.94. The number of hydrogen-bond donors (Lipinski definition) is 4. The van der Waals surface area contributed by atoms with Crippen LogP contribution in [-0.4, -0.2) is 27.9 Å². The van der Waals surface area contributed by atoms with Gasteiger partial charge in [0, 0.05) is 23.4 Å². The summed E-state index contributed by atoms with van der Waals surface area (Å²) < 4.78 is 13.1. The number of anilines is 2. The van der Waals surface area contributed by atoms with Gasteiger partial charge in [-0.05, 0) is 72.0 Å². The Labute approximate surface area is 201 Å². The van der Waals surface area contributed by atoms with Gasteiger partial charge in [-0.1, -0.05) is 36.4 Å². The number of allylic oxidation sites excluding steroid dienone is 1. The van der Waals surface area contributed by atoms with Gasteiger partial charge in [-0.3, -0.25) is 14.4 Å². The predicted octanol–water partition coefficient (Wildman–Crippen LogP) is 4.51. The summed E-state index contributed by atoms with van der Waals surface area (Å²) in [5, 5.41) is 19.4. The van der Waals surface area contributed by atoms with E-state index in [4.69, 9.17) is 16.6 Å². The monoisotopic (exact) mass is 476 g/mol. The molecule has 0 saturated carbocycles. The summed E-state index contributed by atoms with van der Waals surface area (Å²) in [6.07, 6.45) is 2.83. The summed E-state index contributed by atoms with van der Waals surface area (Å²) in [4.78, 5) is 36.1. The molecule has 0 aliphatic heterocycles. The van der Waals surface area contributed by atoms with E-state index >= 15 is 0 Å². The van der Waals surface area contributed by atoms with Crippen molar-refractivity contribution in [3.8, 4) is 0 Å². The van der Waals surface area contributed by atoms with Crippen LogP contribution in [0, 0.1) is 5.82 Å². The maximum absolute atomic E-state index is 13.1. The topological polar surface area (TPSA) is 144 Å². The zero-order valence-corrected chi connectivity index (χ0v) is 18.8. The first kappa shape index (κ1) is 25.2. The van der Waals surface area contributed by atoms with Gasteiger partial charge in [-0.2, -0.15) is 0 Å². The molecule has 0 spiro atoms. The Morgan fingerprint density at radius 2 is 1.57 bits per heavy atom. The predicted molar refractivity (Wildman–Crippen MR) is 131 cm³/mol. The minimum Gasteiger partial charge on any atom is -0.481 e. The third kappa shape index (κ3) is 5.73. The van der Waals surface area contributed by atoms with Crippen molar-refractivity contribution in [2.75, 3.05) is 11.5 Å². The van der Waals surface area contributed by atoms with Crippen LogP contribution >= 0.6 is 0 Å². The van der Waals surface area contributed by atoms with Crippen LogP contribution < -0.4 is 11.5 Å². The summed E-state index contributed by atoms with van der Waals surface area (Å²) in [6.45, 7) is 0. The van der Waals surface area contributed by atoms with Crippen molar-refractivity contribution >= 4 is 35.2 Å². The molecule has 3 rings (SSSR count). The highest BCUT2D eigenvalue weighted by Crippen LogP contribution is 2.41. The maximum Gasteiger partial charge on any atom is 0.318 e.